The Morgan fingerprint density at radius 1 is 1.22 bits per heavy atom. The highest BCUT2D eigenvalue weighted by Crippen LogP contribution is 2.14. The molecule has 1 saturated carbocycles. The summed E-state index contributed by atoms with van der Waals surface area (Å²) in [6.45, 7) is 3.47. The summed E-state index contributed by atoms with van der Waals surface area (Å²) >= 11 is 2.18. The maximum Gasteiger partial charge on any atom is -0.000446 e. The third-order valence-corrected chi connectivity index (χ3v) is 1.32. The van der Waals surface area contributed by atoms with E-state index in [0.717, 1.165) is 4.43 Å². The first-order valence-corrected chi connectivity index (χ1v) is 5.11. The number of alkyl halides is 1. The van der Waals surface area contributed by atoms with Crippen LogP contribution in [0.1, 0.15) is 32.1 Å². The molecular weight excluding hydrogens is 223 g/mol. The molecule has 1 fully saturated rings. The second-order valence-corrected chi connectivity index (χ2v) is 3.19. The van der Waals surface area contributed by atoms with Gasteiger partial charge in [0.2, 0.25) is 0 Å². The summed E-state index contributed by atoms with van der Waals surface area (Å²) in [5.74, 6) is 0. The van der Waals surface area contributed by atoms with E-state index in [9.17, 15) is 0 Å². The Morgan fingerprint density at radius 2 is 1.67 bits per heavy atom. The SMILES string of the molecule is [CH2]CI.[CH]1CCCCC1. The maximum absolute atomic E-state index is 3.47. The molecule has 0 nitrogen and oxygen atoms in total. The lowest BCUT2D eigenvalue weighted by molar-refractivity contribution is 0.593. The van der Waals surface area contributed by atoms with Crippen molar-refractivity contribution in [2.45, 2.75) is 32.1 Å². The van der Waals surface area contributed by atoms with Crippen molar-refractivity contribution in [3.63, 3.8) is 0 Å². The van der Waals surface area contributed by atoms with Gasteiger partial charge in [-0.3, -0.25) is 0 Å². The quantitative estimate of drug-likeness (QED) is 0.448. The molecular formula is C8H15I. The third-order valence-electron chi connectivity index (χ3n) is 1.32. The average molecular weight is 238 g/mol. The molecule has 1 heteroatoms. The van der Waals surface area contributed by atoms with Crippen molar-refractivity contribution in [3.05, 3.63) is 13.3 Å². The number of hydrogen-bond donors (Lipinski definition) is 0. The molecule has 0 unspecified atom stereocenters. The maximum atomic E-state index is 3.47. The fourth-order valence-electron chi connectivity index (χ4n) is 0.898. The van der Waals surface area contributed by atoms with Gasteiger partial charge in [0.1, 0.15) is 0 Å². The molecule has 1 rings (SSSR count). The summed E-state index contributed by atoms with van der Waals surface area (Å²) in [6, 6.07) is 0. The standard InChI is InChI=1S/C6H11.C2H4I/c1-2-4-6-5-3-1;1-2-3/h1H,2-6H2;1-2H2. The largest absolute Gasteiger partial charge is 0.0864 e. The molecule has 0 bridgehead atoms. The van der Waals surface area contributed by atoms with Crippen molar-refractivity contribution in [3.8, 4) is 0 Å². The van der Waals surface area contributed by atoms with Crippen LogP contribution in [0.3, 0.4) is 0 Å². The number of rotatable bonds is 0. The van der Waals surface area contributed by atoms with Gasteiger partial charge in [-0.2, -0.15) is 0 Å². The zero-order valence-electron chi connectivity index (χ0n) is 5.91. The van der Waals surface area contributed by atoms with Crippen LogP contribution in [0.15, 0.2) is 0 Å². The van der Waals surface area contributed by atoms with Crippen molar-refractivity contribution in [1.29, 1.82) is 0 Å². The molecule has 54 valence electrons. The van der Waals surface area contributed by atoms with Crippen LogP contribution in [0.25, 0.3) is 0 Å². The Morgan fingerprint density at radius 3 is 1.78 bits per heavy atom. The van der Waals surface area contributed by atoms with Crippen molar-refractivity contribution in [1.82, 2.24) is 0 Å². The molecule has 0 amide bonds. The zero-order chi connectivity index (χ0) is 6.95. The van der Waals surface area contributed by atoms with Gasteiger partial charge in [-0.25, -0.2) is 0 Å². The topological polar surface area (TPSA) is 0 Å². The van der Waals surface area contributed by atoms with Gasteiger partial charge in [0, 0.05) is 0 Å². The Kier molecular flexibility index (Phi) is 9.44. The van der Waals surface area contributed by atoms with Gasteiger partial charge in [0.25, 0.3) is 0 Å². The summed E-state index contributed by atoms with van der Waals surface area (Å²) in [6.07, 6.45) is 9.50. The molecule has 0 aliphatic heterocycles. The van der Waals surface area contributed by atoms with Gasteiger partial charge in [0.05, 0.1) is 0 Å². The van der Waals surface area contributed by atoms with E-state index >= 15 is 0 Å². The van der Waals surface area contributed by atoms with E-state index in [1.54, 1.807) is 0 Å². The van der Waals surface area contributed by atoms with Gasteiger partial charge in [-0.05, 0) is 17.8 Å². The van der Waals surface area contributed by atoms with Crippen molar-refractivity contribution in [2.75, 3.05) is 4.43 Å². The van der Waals surface area contributed by atoms with Crippen LogP contribution >= 0.6 is 22.6 Å². The average Bonchev–Trinajstić information content (AvgIpc) is 1.93. The molecule has 1 aliphatic carbocycles. The van der Waals surface area contributed by atoms with Gasteiger partial charge >= 0.3 is 0 Å². The van der Waals surface area contributed by atoms with Crippen LogP contribution in [-0.4, -0.2) is 4.43 Å². The fourth-order valence-corrected chi connectivity index (χ4v) is 0.898. The highest BCUT2D eigenvalue weighted by Gasteiger charge is 1.95. The normalized spacial score (nSPS) is 18.0. The predicted molar refractivity (Wildman–Crippen MR) is 51.6 cm³/mol. The van der Waals surface area contributed by atoms with Crippen molar-refractivity contribution < 1.29 is 0 Å². The monoisotopic (exact) mass is 238 g/mol. The summed E-state index contributed by atoms with van der Waals surface area (Å²) in [4.78, 5) is 0. The fraction of sp³-hybridized carbons (Fsp3) is 0.750. The molecule has 9 heavy (non-hydrogen) atoms. The van der Waals surface area contributed by atoms with Crippen LogP contribution in [0.4, 0.5) is 0 Å². The summed E-state index contributed by atoms with van der Waals surface area (Å²) in [5, 5.41) is 0. The Hall–Kier alpha value is 0.730. The van der Waals surface area contributed by atoms with Crippen LogP contribution in [0.5, 0.6) is 0 Å². The Balaban J connectivity index is 0.000000187. The third kappa shape index (κ3) is 8.73. The van der Waals surface area contributed by atoms with Crippen molar-refractivity contribution in [2.24, 2.45) is 0 Å². The summed E-state index contributed by atoms with van der Waals surface area (Å²) in [7, 11) is 0. The highest BCUT2D eigenvalue weighted by molar-refractivity contribution is 14.1. The minimum atomic E-state index is 0.970. The molecule has 1 aliphatic rings. The Bertz CT molecular complexity index is 28.3. The Labute approximate surface area is 72.6 Å². The van der Waals surface area contributed by atoms with E-state index in [0.29, 0.717) is 0 Å². The minimum absolute atomic E-state index is 0.970. The lowest BCUT2D eigenvalue weighted by atomic mass is 10.0. The number of halogens is 1. The van der Waals surface area contributed by atoms with Crippen LogP contribution in [0.2, 0.25) is 0 Å². The summed E-state index contributed by atoms with van der Waals surface area (Å²) < 4.78 is 0.970. The molecule has 0 aromatic carbocycles. The lowest BCUT2D eigenvalue weighted by Gasteiger charge is -2.05. The minimum Gasteiger partial charge on any atom is -0.0864 e. The van der Waals surface area contributed by atoms with E-state index < -0.39 is 0 Å². The second kappa shape index (κ2) is 8.73. The van der Waals surface area contributed by atoms with Gasteiger partial charge in [-0.15, -0.1) is 0 Å². The molecule has 0 aromatic heterocycles. The van der Waals surface area contributed by atoms with Crippen LogP contribution in [-0.2, 0) is 0 Å². The predicted octanol–water partition coefficient (Wildman–Crippen LogP) is 3.41. The molecule has 0 atom stereocenters. The van der Waals surface area contributed by atoms with Crippen LogP contribution < -0.4 is 0 Å². The molecule has 0 spiro atoms. The molecule has 0 saturated heterocycles. The van der Waals surface area contributed by atoms with Crippen molar-refractivity contribution >= 4 is 22.6 Å². The van der Waals surface area contributed by atoms with E-state index in [1.807, 2.05) is 0 Å². The first-order valence-electron chi connectivity index (χ1n) is 3.58. The first-order chi connectivity index (χ1) is 4.41. The van der Waals surface area contributed by atoms with Gasteiger partial charge in [-0.1, -0.05) is 54.7 Å². The molecule has 0 heterocycles. The second-order valence-electron chi connectivity index (χ2n) is 2.12. The van der Waals surface area contributed by atoms with Gasteiger partial charge < -0.3 is 0 Å². The summed E-state index contributed by atoms with van der Waals surface area (Å²) in [5.41, 5.74) is 0. The number of hydrogen-bond acceptors (Lipinski definition) is 0. The first kappa shape index (κ1) is 9.73. The lowest BCUT2D eigenvalue weighted by Crippen LogP contribution is -1.87. The smallest absolute Gasteiger partial charge is 0.000446 e. The molecule has 0 N–H and O–H groups in total. The van der Waals surface area contributed by atoms with E-state index in [2.05, 4.69) is 35.9 Å². The highest BCUT2D eigenvalue weighted by atomic mass is 127. The van der Waals surface area contributed by atoms with Crippen LogP contribution in [0, 0.1) is 13.3 Å². The van der Waals surface area contributed by atoms with E-state index in [4.69, 9.17) is 0 Å². The van der Waals surface area contributed by atoms with Gasteiger partial charge in [0.15, 0.2) is 0 Å². The molecule has 2 radical (unpaired) electrons. The zero-order valence-corrected chi connectivity index (χ0v) is 8.06. The molecule has 0 aromatic rings. The van der Waals surface area contributed by atoms with E-state index in [1.165, 1.54) is 32.1 Å². The van der Waals surface area contributed by atoms with E-state index in [-0.39, 0.29) is 0 Å².